The number of amides is 3. The first kappa shape index (κ1) is 61.4. The van der Waals surface area contributed by atoms with Crippen molar-refractivity contribution in [3.63, 3.8) is 0 Å². The van der Waals surface area contributed by atoms with E-state index in [1.165, 1.54) is 17.1 Å². The molecule has 0 aromatic carbocycles. The summed E-state index contributed by atoms with van der Waals surface area (Å²) < 4.78 is 43.9. The number of aryl methyl sites for hydroxylation is 3. The third kappa shape index (κ3) is 15.9. The fourth-order valence-corrected chi connectivity index (χ4v) is 8.17. The molecular weight excluding hydrogens is 1010 g/mol. The number of rotatable bonds is 10. The van der Waals surface area contributed by atoms with Gasteiger partial charge in [0.1, 0.15) is 22.2 Å². The Morgan fingerprint density at radius 2 is 1.01 bits per heavy atom. The van der Waals surface area contributed by atoms with E-state index in [1.807, 2.05) is 84.2 Å². The average Bonchev–Trinajstić information content (AvgIpc) is 3.87. The van der Waals surface area contributed by atoms with Crippen LogP contribution in [0.25, 0.3) is 39.2 Å². The predicted octanol–water partition coefficient (Wildman–Crippen LogP) is 10.1. The van der Waals surface area contributed by atoms with Crippen molar-refractivity contribution < 1.29 is 37.8 Å². The Kier molecular flexibility index (Phi) is 18.8. The maximum Gasteiger partial charge on any atom is 0.433 e. The number of pyridine rings is 4. The Bertz CT molecular complexity index is 3160. The quantitative estimate of drug-likeness (QED) is 0.0861. The lowest BCUT2D eigenvalue weighted by Crippen LogP contribution is -2.39. The van der Waals surface area contributed by atoms with E-state index in [9.17, 15) is 37.8 Å². The van der Waals surface area contributed by atoms with Crippen LogP contribution in [0.1, 0.15) is 137 Å². The molecule has 0 aliphatic heterocycles. The fraction of sp³-hybridized carbons (Fsp3) is 0.500. The third-order valence-electron chi connectivity index (χ3n) is 11.5. The number of carbonyl (C=O) groups excluding carboxylic acids is 3. The molecule has 1 saturated carbocycles. The van der Waals surface area contributed by atoms with E-state index in [0.717, 1.165) is 58.8 Å². The molecule has 0 radical (unpaired) electrons. The Hall–Kier alpha value is -6.17. The maximum absolute atomic E-state index is 12.8. The van der Waals surface area contributed by atoms with Gasteiger partial charge in [-0.05, 0) is 149 Å². The molecule has 23 heteroatoms. The molecule has 0 bridgehead atoms. The molecule has 7 aromatic rings. The van der Waals surface area contributed by atoms with Gasteiger partial charge in [-0.15, -0.1) is 0 Å². The maximum atomic E-state index is 12.8. The van der Waals surface area contributed by atoms with Crippen molar-refractivity contribution in [3.05, 3.63) is 77.5 Å². The van der Waals surface area contributed by atoms with Crippen molar-refractivity contribution in [2.24, 2.45) is 5.41 Å². The van der Waals surface area contributed by atoms with E-state index < -0.39 is 23.1 Å². The summed E-state index contributed by atoms with van der Waals surface area (Å²) in [5, 5.41) is 28.0. The van der Waals surface area contributed by atoms with Gasteiger partial charge in [0.2, 0.25) is 35.6 Å². The fourth-order valence-electron chi connectivity index (χ4n) is 8.17. The number of carbonyl (C=O) groups is 3. The topological polar surface area (TPSA) is 233 Å². The van der Waals surface area contributed by atoms with Gasteiger partial charge in [0.25, 0.3) is 0 Å². The van der Waals surface area contributed by atoms with Crippen molar-refractivity contribution in [1.29, 1.82) is 0 Å². The number of aromatic nitrogens is 10. The lowest BCUT2D eigenvalue weighted by molar-refractivity contribution is -0.141. The van der Waals surface area contributed by atoms with Crippen LogP contribution in [0.5, 0.6) is 0 Å². The molecule has 7 aromatic heterocycles. The number of halogens is 3. The second-order valence-corrected chi connectivity index (χ2v) is 22.5. The second-order valence-electron chi connectivity index (χ2n) is 22.5. The van der Waals surface area contributed by atoms with Crippen LogP contribution in [0.3, 0.4) is 0 Å². The van der Waals surface area contributed by atoms with Crippen LogP contribution in [-0.2, 0) is 31.6 Å². The average molecular weight is 1080 g/mol. The molecule has 0 saturated heterocycles. The minimum Gasteiger partial charge on any atom is -0.390 e. The van der Waals surface area contributed by atoms with Gasteiger partial charge in [0, 0.05) is 34.6 Å². The molecule has 7 heterocycles. The number of nitrogens with zero attached hydrogens (tertiary/aromatic N) is 10. The summed E-state index contributed by atoms with van der Waals surface area (Å²) in [6.45, 7) is 26.2. The first-order valence-electron chi connectivity index (χ1n) is 24.1. The Balaban J connectivity index is 0.000000242. The number of imidazole rings is 3. The van der Waals surface area contributed by atoms with E-state index in [4.69, 9.17) is 0 Å². The zero-order chi connectivity index (χ0) is 54.2. The molecule has 0 atom stereocenters. The number of alkyl halides is 3. The van der Waals surface area contributed by atoms with Gasteiger partial charge in [-0.25, -0.2) is 34.9 Å². The summed E-state index contributed by atoms with van der Waals surface area (Å²) >= 11 is 0. The smallest absolute Gasteiger partial charge is 0.390 e. The molecule has 1 fully saturated rings. The molecule has 75 heavy (non-hydrogen) atoms. The third-order valence-corrected chi connectivity index (χ3v) is 11.5. The van der Waals surface area contributed by atoms with Gasteiger partial charge in [-0.3, -0.25) is 44.0 Å². The molecule has 8 rings (SSSR count). The van der Waals surface area contributed by atoms with Gasteiger partial charge < -0.3 is 10.2 Å². The van der Waals surface area contributed by atoms with Gasteiger partial charge in [0.15, 0.2) is 16.9 Å². The van der Waals surface area contributed by atoms with E-state index >= 15 is 0 Å². The van der Waals surface area contributed by atoms with Crippen LogP contribution >= 0.6 is 27.0 Å². The van der Waals surface area contributed by atoms with Crippen LogP contribution in [0.15, 0.2) is 54.7 Å². The van der Waals surface area contributed by atoms with Gasteiger partial charge in [0.05, 0.1) is 35.9 Å². The lowest BCUT2D eigenvalue weighted by Gasteiger charge is -2.40. The second kappa shape index (κ2) is 23.0. The van der Waals surface area contributed by atoms with E-state index in [-0.39, 0.29) is 86.4 Å². The zero-order valence-corrected chi connectivity index (χ0v) is 47.2. The number of nitrogens with one attached hydrogen (secondary N) is 3. The van der Waals surface area contributed by atoms with Gasteiger partial charge in [-0.1, -0.05) is 20.8 Å². The number of fused-ring (bicyclic) bond motifs is 3. The SMILES string of the molecule is Cc1ccc2nc(NC(=O)CC(C)(C)C)n(-c3ccc(C(F)(F)F)nc3)c2n1.Cc1ccc2nc(NC(=O)CC(C)(C)O)n(C(C)(C)C)c2n1.Cc1ccc2nc(NC(=O)CC(C)(C)O)n(C3(C)CCC3)c2n1.S.S. The molecule has 3 amide bonds. The van der Waals surface area contributed by atoms with Crippen LogP contribution in [0.4, 0.5) is 31.0 Å². The molecule has 408 valence electrons. The highest BCUT2D eigenvalue weighted by molar-refractivity contribution is 7.59. The van der Waals surface area contributed by atoms with Crippen molar-refractivity contribution in [1.82, 2.24) is 48.6 Å². The molecule has 5 N–H and O–H groups in total. The molecule has 1 aliphatic carbocycles. The monoisotopic (exact) mass is 1080 g/mol. The van der Waals surface area contributed by atoms with Gasteiger partial charge in [-0.2, -0.15) is 40.2 Å². The summed E-state index contributed by atoms with van der Waals surface area (Å²) in [5.41, 5.74) is 3.17. The number of hydrogen-bond acceptors (Lipinski definition) is 12. The summed E-state index contributed by atoms with van der Waals surface area (Å²) in [6, 6.07) is 13.3. The van der Waals surface area contributed by atoms with Crippen molar-refractivity contribution >= 4 is 96.0 Å². The molecular formula is C52H72F3N13O5S2. The van der Waals surface area contributed by atoms with E-state index in [1.54, 1.807) is 46.8 Å². The van der Waals surface area contributed by atoms with Crippen molar-refractivity contribution in [2.75, 3.05) is 16.0 Å². The van der Waals surface area contributed by atoms with Crippen LogP contribution in [0.2, 0.25) is 0 Å². The standard InChI is InChI=1S/C19H20F3N5O.C17H24N4O2.C16H24N4O2.2H2S/c1-11-5-7-13-16(24-11)27(12-6-8-14(23-10-12)19(20,21)22)17(25-13)26-15(28)9-18(2,3)4;1-11-6-7-12-14(18-11)21(17(4)8-5-9-17)15(19-12)20-13(22)10-16(2,3)23;1-10-7-8-11-13(17-10)20(15(2,3)4)14(18-11)19-12(21)9-16(5,6)22;;/h5-8,10H,9H2,1-4H3,(H,25,26,28);6-7,23H,5,8-10H2,1-4H3,(H,19,20,22);7-8,22H,9H2,1-6H3,(H,18,19,21);2*1H2. The highest BCUT2D eigenvalue weighted by atomic mass is 32.1. The Labute approximate surface area is 449 Å². The molecule has 0 spiro atoms. The molecule has 0 unspecified atom stereocenters. The highest BCUT2D eigenvalue weighted by Crippen LogP contribution is 2.43. The molecule has 18 nitrogen and oxygen atoms in total. The minimum atomic E-state index is -4.53. The number of aliphatic hydroxyl groups is 2. The number of anilines is 3. The Morgan fingerprint density at radius 3 is 1.45 bits per heavy atom. The van der Waals surface area contributed by atoms with E-state index in [0.29, 0.717) is 34.4 Å². The van der Waals surface area contributed by atoms with Gasteiger partial charge >= 0.3 is 6.18 Å². The van der Waals surface area contributed by atoms with Crippen LogP contribution in [0, 0.1) is 26.2 Å². The highest BCUT2D eigenvalue weighted by Gasteiger charge is 2.38. The zero-order valence-electron chi connectivity index (χ0n) is 45.2. The summed E-state index contributed by atoms with van der Waals surface area (Å²) in [7, 11) is 0. The first-order chi connectivity index (χ1) is 33.6. The number of hydrogen-bond donors (Lipinski definition) is 5. The van der Waals surface area contributed by atoms with Crippen molar-refractivity contribution in [3.8, 4) is 5.69 Å². The summed E-state index contributed by atoms with van der Waals surface area (Å²) in [5.74, 6) is 0.396. The normalized spacial score (nSPS) is 13.6. The summed E-state index contributed by atoms with van der Waals surface area (Å²) in [6.07, 6.45) is 0.103. The largest absolute Gasteiger partial charge is 0.433 e. The van der Waals surface area contributed by atoms with Crippen molar-refractivity contribution in [2.45, 2.75) is 164 Å². The first-order valence-corrected chi connectivity index (χ1v) is 24.1. The van der Waals surface area contributed by atoms with Crippen LogP contribution in [-0.4, -0.2) is 87.7 Å². The minimum absolute atomic E-state index is 0. The predicted molar refractivity (Wildman–Crippen MR) is 296 cm³/mol. The summed E-state index contributed by atoms with van der Waals surface area (Å²) in [4.78, 5) is 67.2. The van der Waals surface area contributed by atoms with E-state index in [2.05, 4.69) is 62.3 Å². The van der Waals surface area contributed by atoms with Crippen LogP contribution < -0.4 is 16.0 Å². The molecule has 1 aliphatic rings. The lowest BCUT2D eigenvalue weighted by atomic mass is 9.78. The Morgan fingerprint density at radius 1 is 0.587 bits per heavy atom.